The van der Waals surface area contributed by atoms with Crippen LogP contribution in [0, 0.1) is 0 Å². The van der Waals surface area contributed by atoms with Gasteiger partial charge in [-0.05, 0) is 35.4 Å². The molecule has 0 amide bonds. The highest BCUT2D eigenvalue weighted by atomic mass is 35.5. The minimum atomic E-state index is 0.422. The van der Waals surface area contributed by atoms with Crippen molar-refractivity contribution in [2.75, 3.05) is 14.2 Å². The standard InChI is InChI=1S/C15H16ClNO2/c1-18-12-4-6-14(15(8-12)19-2)13-5-3-11(16)7-10(13)9-17/h3-8H,9,17H2,1-2H3. The second-order valence-corrected chi connectivity index (χ2v) is 4.51. The molecular formula is C15H16ClNO2. The molecule has 4 heteroatoms. The van der Waals surface area contributed by atoms with Gasteiger partial charge in [-0.1, -0.05) is 17.7 Å². The van der Waals surface area contributed by atoms with Crippen molar-refractivity contribution < 1.29 is 9.47 Å². The molecule has 0 saturated heterocycles. The largest absolute Gasteiger partial charge is 0.497 e. The summed E-state index contributed by atoms with van der Waals surface area (Å²) < 4.78 is 10.6. The van der Waals surface area contributed by atoms with Gasteiger partial charge in [-0.3, -0.25) is 0 Å². The van der Waals surface area contributed by atoms with Crippen LogP contribution in [-0.4, -0.2) is 14.2 Å². The van der Waals surface area contributed by atoms with Crippen molar-refractivity contribution in [1.29, 1.82) is 0 Å². The summed E-state index contributed by atoms with van der Waals surface area (Å²) in [7, 11) is 3.26. The second-order valence-electron chi connectivity index (χ2n) is 4.07. The zero-order valence-electron chi connectivity index (χ0n) is 10.9. The van der Waals surface area contributed by atoms with E-state index in [1.165, 1.54) is 0 Å². The third-order valence-corrected chi connectivity index (χ3v) is 3.22. The Morgan fingerprint density at radius 3 is 2.37 bits per heavy atom. The van der Waals surface area contributed by atoms with Crippen molar-refractivity contribution >= 4 is 11.6 Å². The lowest BCUT2D eigenvalue weighted by Crippen LogP contribution is -2.00. The van der Waals surface area contributed by atoms with Crippen molar-refractivity contribution in [3.63, 3.8) is 0 Å². The first-order chi connectivity index (χ1) is 9.19. The van der Waals surface area contributed by atoms with Gasteiger partial charge in [0.25, 0.3) is 0 Å². The van der Waals surface area contributed by atoms with Crippen LogP contribution in [0.5, 0.6) is 11.5 Å². The fourth-order valence-electron chi connectivity index (χ4n) is 2.01. The molecule has 0 atom stereocenters. The number of hydrogen-bond donors (Lipinski definition) is 1. The van der Waals surface area contributed by atoms with E-state index in [1.807, 2.05) is 36.4 Å². The van der Waals surface area contributed by atoms with Gasteiger partial charge < -0.3 is 15.2 Å². The third-order valence-electron chi connectivity index (χ3n) is 2.99. The van der Waals surface area contributed by atoms with Crippen LogP contribution in [0.3, 0.4) is 0 Å². The van der Waals surface area contributed by atoms with Crippen LogP contribution in [0.15, 0.2) is 36.4 Å². The molecule has 0 spiro atoms. The molecule has 2 aromatic carbocycles. The van der Waals surface area contributed by atoms with Gasteiger partial charge in [0.05, 0.1) is 14.2 Å². The molecule has 0 bridgehead atoms. The highest BCUT2D eigenvalue weighted by Gasteiger charge is 2.11. The molecule has 0 unspecified atom stereocenters. The lowest BCUT2D eigenvalue weighted by Gasteiger charge is -2.13. The molecule has 0 aliphatic heterocycles. The van der Waals surface area contributed by atoms with Crippen LogP contribution in [-0.2, 0) is 6.54 Å². The third kappa shape index (κ3) is 2.83. The molecule has 0 heterocycles. The van der Waals surface area contributed by atoms with E-state index in [4.69, 9.17) is 26.8 Å². The molecule has 0 radical (unpaired) electrons. The molecular weight excluding hydrogens is 262 g/mol. The Bertz CT molecular complexity index is 584. The lowest BCUT2D eigenvalue weighted by atomic mass is 9.98. The number of nitrogens with two attached hydrogens (primary N) is 1. The average Bonchev–Trinajstić information content (AvgIpc) is 2.46. The molecule has 0 saturated carbocycles. The topological polar surface area (TPSA) is 44.5 Å². The van der Waals surface area contributed by atoms with Crippen LogP contribution in [0.4, 0.5) is 0 Å². The molecule has 0 aliphatic carbocycles. The second kappa shape index (κ2) is 5.95. The summed E-state index contributed by atoms with van der Waals surface area (Å²) in [6.45, 7) is 0.422. The molecule has 3 nitrogen and oxygen atoms in total. The quantitative estimate of drug-likeness (QED) is 0.930. The minimum Gasteiger partial charge on any atom is -0.497 e. The maximum atomic E-state index is 6.00. The molecule has 2 rings (SSSR count). The van der Waals surface area contributed by atoms with Gasteiger partial charge >= 0.3 is 0 Å². The normalized spacial score (nSPS) is 10.3. The summed E-state index contributed by atoms with van der Waals surface area (Å²) in [5.41, 5.74) is 8.76. The molecule has 0 fully saturated rings. The van der Waals surface area contributed by atoms with Crippen LogP contribution in [0.2, 0.25) is 5.02 Å². The summed E-state index contributed by atoms with van der Waals surface area (Å²) in [6, 6.07) is 11.4. The minimum absolute atomic E-state index is 0.422. The fraction of sp³-hybridized carbons (Fsp3) is 0.200. The molecule has 2 N–H and O–H groups in total. The van der Waals surface area contributed by atoms with Crippen molar-refractivity contribution in [2.24, 2.45) is 5.73 Å². The van der Waals surface area contributed by atoms with Gasteiger partial charge in [0.1, 0.15) is 11.5 Å². The van der Waals surface area contributed by atoms with E-state index in [9.17, 15) is 0 Å². The predicted octanol–water partition coefficient (Wildman–Crippen LogP) is 3.48. The van der Waals surface area contributed by atoms with E-state index in [0.717, 1.165) is 28.2 Å². The first kappa shape index (κ1) is 13.7. The van der Waals surface area contributed by atoms with E-state index >= 15 is 0 Å². The number of ether oxygens (including phenoxy) is 2. The number of benzene rings is 2. The van der Waals surface area contributed by atoms with Gasteiger partial charge in [-0.2, -0.15) is 0 Å². The van der Waals surface area contributed by atoms with Crippen molar-refractivity contribution in [1.82, 2.24) is 0 Å². The summed E-state index contributed by atoms with van der Waals surface area (Å²) in [5, 5.41) is 0.677. The summed E-state index contributed by atoms with van der Waals surface area (Å²) >= 11 is 6.00. The summed E-state index contributed by atoms with van der Waals surface area (Å²) in [4.78, 5) is 0. The van der Waals surface area contributed by atoms with Crippen LogP contribution >= 0.6 is 11.6 Å². The number of methoxy groups -OCH3 is 2. The highest BCUT2D eigenvalue weighted by molar-refractivity contribution is 6.30. The smallest absolute Gasteiger partial charge is 0.130 e. The van der Waals surface area contributed by atoms with Crippen molar-refractivity contribution in [3.8, 4) is 22.6 Å². The van der Waals surface area contributed by atoms with Crippen molar-refractivity contribution in [2.45, 2.75) is 6.54 Å². The molecule has 0 aromatic heterocycles. The van der Waals surface area contributed by atoms with E-state index in [-0.39, 0.29) is 0 Å². The molecule has 100 valence electrons. The van der Waals surface area contributed by atoms with Gasteiger partial charge in [0.2, 0.25) is 0 Å². The first-order valence-corrected chi connectivity index (χ1v) is 6.28. The Labute approximate surface area is 117 Å². The molecule has 19 heavy (non-hydrogen) atoms. The van der Waals surface area contributed by atoms with Crippen LogP contribution < -0.4 is 15.2 Å². The van der Waals surface area contributed by atoms with Crippen molar-refractivity contribution in [3.05, 3.63) is 47.0 Å². The predicted molar refractivity (Wildman–Crippen MR) is 77.9 cm³/mol. The van der Waals surface area contributed by atoms with Gasteiger partial charge in [-0.25, -0.2) is 0 Å². The Morgan fingerprint density at radius 2 is 1.74 bits per heavy atom. The Hall–Kier alpha value is -1.71. The van der Waals surface area contributed by atoms with Crippen LogP contribution in [0.1, 0.15) is 5.56 Å². The Balaban J connectivity index is 2.58. The number of hydrogen-bond acceptors (Lipinski definition) is 3. The van der Waals surface area contributed by atoms with E-state index in [1.54, 1.807) is 14.2 Å². The summed E-state index contributed by atoms with van der Waals surface area (Å²) in [5.74, 6) is 1.50. The van der Waals surface area contributed by atoms with Gasteiger partial charge in [0.15, 0.2) is 0 Å². The maximum absolute atomic E-state index is 6.00. The zero-order chi connectivity index (χ0) is 13.8. The Morgan fingerprint density at radius 1 is 1.00 bits per heavy atom. The highest BCUT2D eigenvalue weighted by Crippen LogP contribution is 2.35. The average molecular weight is 278 g/mol. The van der Waals surface area contributed by atoms with E-state index < -0.39 is 0 Å². The van der Waals surface area contributed by atoms with E-state index in [2.05, 4.69) is 0 Å². The summed E-state index contributed by atoms with van der Waals surface area (Å²) in [6.07, 6.45) is 0. The maximum Gasteiger partial charge on any atom is 0.130 e. The fourth-order valence-corrected chi connectivity index (χ4v) is 2.21. The molecule has 2 aromatic rings. The van der Waals surface area contributed by atoms with Gasteiger partial charge in [-0.15, -0.1) is 0 Å². The Kier molecular flexibility index (Phi) is 4.30. The van der Waals surface area contributed by atoms with Gasteiger partial charge in [0, 0.05) is 23.2 Å². The lowest BCUT2D eigenvalue weighted by molar-refractivity contribution is 0.395. The first-order valence-electron chi connectivity index (χ1n) is 5.90. The molecule has 0 aliphatic rings. The monoisotopic (exact) mass is 277 g/mol. The number of rotatable bonds is 4. The zero-order valence-corrected chi connectivity index (χ0v) is 11.7. The van der Waals surface area contributed by atoms with E-state index in [0.29, 0.717) is 11.6 Å². The van der Waals surface area contributed by atoms with Crippen LogP contribution in [0.25, 0.3) is 11.1 Å². The number of halogens is 1. The SMILES string of the molecule is COc1ccc(-c2ccc(Cl)cc2CN)c(OC)c1.